The van der Waals surface area contributed by atoms with Crippen molar-refractivity contribution in [3.63, 3.8) is 0 Å². The third-order valence-electron chi connectivity index (χ3n) is 4.26. The van der Waals surface area contributed by atoms with E-state index in [0.717, 1.165) is 32.6 Å². The van der Waals surface area contributed by atoms with Crippen LogP contribution in [0.5, 0.6) is 0 Å². The summed E-state index contributed by atoms with van der Waals surface area (Å²) in [5.41, 5.74) is 0. The first kappa shape index (κ1) is 16.2. The van der Waals surface area contributed by atoms with Gasteiger partial charge in [-0.2, -0.15) is 0 Å². The molecule has 0 aromatic heterocycles. The van der Waals surface area contributed by atoms with Crippen molar-refractivity contribution in [1.29, 1.82) is 0 Å². The monoisotopic (exact) mass is 304 g/mol. The van der Waals surface area contributed by atoms with E-state index < -0.39 is 10.0 Å². The predicted octanol–water partition coefficient (Wildman–Crippen LogP) is 1.21. The molecule has 2 aliphatic heterocycles. The largest absolute Gasteiger partial charge is 0.381 e. The van der Waals surface area contributed by atoms with E-state index in [9.17, 15) is 8.42 Å². The number of piperidine rings is 1. The van der Waals surface area contributed by atoms with Crippen molar-refractivity contribution in [2.45, 2.75) is 45.1 Å². The molecule has 5 nitrogen and oxygen atoms in total. The average molecular weight is 304 g/mol. The average Bonchev–Trinajstić information content (AvgIpc) is 2.47. The SMILES string of the molecule is CCCS(=O)(=O)N1CCC(NCC2CCCOC2)CC1. The molecule has 0 spiro atoms. The molecule has 0 amide bonds. The molecule has 1 N–H and O–H groups in total. The fraction of sp³-hybridized carbons (Fsp3) is 1.00. The highest BCUT2D eigenvalue weighted by atomic mass is 32.2. The summed E-state index contributed by atoms with van der Waals surface area (Å²) in [7, 11) is -3.01. The second kappa shape index (κ2) is 7.73. The summed E-state index contributed by atoms with van der Waals surface area (Å²) in [5.74, 6) is 0.912. The molecule has 20 heavy (non-hydrogen) atoms. The molecular weight excluding hydrogens is 276 g/mol. The van der Waals surface area contributed by atoms with Crippen LogP contribution in [0.25, 0.3) is 0 Å². The highest BCUT2D eigenvalue weighted by Gasteiger charge is 2.27. The number of nitrogens with zero attached hydrogens (tertiary/aromatic N) is 1. The number of nitrogens with one attached hydrogen (secondary N) is 1. The van der Waals surface area contributed by atoms with E-state index >= 15 is 0 Å². The van der Waals surface area contributed by atoms with E-state index in [-0.39, 0.29) is 5.75 Å². The zero-order chi connectivity index (χ0) is 14.4. The van der Waals surface area contributed by atoms with Crippen LogP contribution in [-0.4, -0.2) is 57.4 Å². The van der Waals surface area contributed by atoms with Crippen LogP contribution in [0.15, 0.2) is 0 Å². The molecule has 2 saturated heterocycles. The molecule has 1 atom stereocenters. The highest BCUT2D eigenvalue weighted by Crippen LogP contribution is 2.17. The van der Waals surface area contributed by atoms with E-state index in [1.807, 2.05) is 6.92 Å². The lowest BCUT2D eigenvalue weighted by Crippen LogP contribution is -2.46. The lowest BCUT2D eigenvalue weighted by molar-refractivity contribution is 0.0531. The minimum absolute atomic E-state index is 0.282. The molecule has 0 aliphatic carbocycles. The lowest BCUT2D eigenvalue weighted by Gasteiger charge is -2.33. The Kier molecular flexibility index (Phi) is 6.26. The molecule has 0 aromatic carbocycles. The van der Waals surface area contributed by atoms with Gasteiger partial charge in [-0.15, -0.1) is 0 Å². The van der Waals surface area contributed by atoms with Crippen LogP contribution in [0, 0.1) is 5.92 Å². The summed E-state index contributed by atoms with van der Waals surface area (Å²) in [6, 6.07) is 0.463. The van der Waals surface area contributed by atoms with Crippen molar-refractivity contribution < 1.29 is 13.2 Å². The van der Waals surface area contributed by atoms with Crippen molar-refractivity contribution in [3.05, 3.63) is 0 Å². The van der Waals surface area contributed by atoms with Crippen LogP contribution >= 0.6 is 0 Å². The van der Waals surface area contributed by atoms with Crippen molar-refractivity contribution in [3.8, 4) is 0 Å². The number of rotatable bonds is 6. The molecule has 2 heterocycles. The van der Waals surface area contributed by atoms with E-state index in [0.29, 0.717) is 31.5 Å². The van der Waals surface area contributed by atoms with Gasteiger partial charge in [0.15, 0.2) is 0 Å². The van der Waals surface area contributed by atoms with E-state index in [1.54, 1.807) is 4.31 Å². The van der Waals surface area contributed by atoms with Gasteiger partial charge in [-0.25, -0.2) is 12.7 Å². The van der Waals surface area contributed by atoms with Gasteiger partial charge in [-0.1, -0.05) is 6.92 Å². The minimum Gasteiger partial charge on any atom is -0.381 e. The maximum Gasteiger partial charge on any atom is 0.214 e. The summed E-state index contributed by atoms with van der Waals surface area (Å²) in [5, 5.41) is 3.59. The summed E-state index contributed by atoms with van der Waals surface area (Å²) < 4.78 is 31.1. The van der Waals surface area contributed by atoms with Gasteiger partial charge in [0.25, 0.3) is 0 Å². The number of sulfonamides is 1. The van der Waals surface area contributed by atoms with Gasteiger partial charge in [-0.3, -0.25) is 0 Å². The second-order valence-corrected chi connectivity index (χ2v) is 8.07. The van der Waals surface area contributed by atoms with E-state index in [2.05, 4.69) is 5.32 Å². The summed E-state index contributed by atoms with van der Waals surface area (Å²) in [6.07, 6.45) is 4.96. The third kappa shape index (κ3) is 4.69. The molecule has 0 saturated carbocycles. The van der Waals surface area contributed by atoms with Gasteiger partial charge in [-0.05, 0) is 38.0 Å². The molecule has 1 unspecified atom stereocenters. The van der Waals surface area contributed by atoms with E-state index in [4.69, 9.17) is 4.74 Å². The Hall–Kier alpha value is -0.170. The molecule has 2 aliphatic rings. The van der Waals surface area contributed by atoms with Crippen molar-refractivity contribution in [2.75, 3.05) is 38.6 Å². The molecule has 0 bridgehead atoms. The molecular formula is C14H28N2O3S. The van der Waals surface area contributed by atoms with Gasteiger partial charge in [0, 0.05) is 32.3 Å². The smallest absolute Gasteiger partial charge is 0.214 e. The Labute approximate surface area is 123 Å². The quantitative estimate of drug-likeness (QED) is 0.801. The van der Waals surface area contributed by atoms with Crippen LogP contribution in [0.3, 0.4) is 0 Å². The van der Waals surface area contributed by atoms with E-state index in [1.165, 1.54) is 12.8 Å². The second-order valence-electron chi connectivity index (χ2n) is 5.98. The molecule has 6 heteroatoms. The van der Waals surface area contributed by atoms with Gasteiger partial charge in [0.1, 0.15) is 0 Å². The topological polar surface area (TPSA) is 58.6 Å². The third-order valence-corrected chi connectivity index (χ3v) is 6.34. The first-order valence-corrected chi connectivity index (χ1v) is 9.51. The first-order valence-electron chi connectivity index (χ1n) is 7.90. The highest BCUT2D eigenvalue weighted by molar-refractivity contribution is 7.89. The molecule has 0 radical (unpaired) electrons. The standard InChI is InChI=1S/C14H28N2O3S/c1-2-10-20(17,18)16-7-5-14(6-8-16)15-11-13-4-3-9-19-12-13/h13-15H,2-12H2,1H3. The van der Waals surface area contributed by atoms with Crippen LogP contribution in [0.4, 0.5) is 0 Å². The normalized spacial score (nSPS) is 26.8. The van der Waals surface area contributed by atoms with Gasteiger partial charge in [0.2, 0.25) is 10.0 Å². The number of hydrogen-bond donors (Lipinski definition) is 1. The number of hydrogen-bond acceptors (Lipinski definition) is 4. The van der Waals surface area contributed by atoms with Crippen LogP contribution in [0.2, 0.25) is 0 Å². The zero-order valence-electron chi connectivity index (χ0n) is 12.5. The predicted molar refractivity (Wildman–Crippen MR) is 80.2 cm³/mol. The lowest BCUT2D eigenvalue weighted by atomic mass is 10.0. The summed E-state index contributed by atoms with van der Waals surface area (Å²) in [6.45, 7) is 6.04. The minimum atomic E-state index is -3.01. The Bertz CT molecular complexity index is 372. The fourth-order valence-corrected chi connectivity index (χ4v) is 4.57. The first-order chi connectivity index (χ1) is 9.62. The molecule has 0 aromatic rings. The van der Waals surface area contributed by atoms with Gasteiger partial charge >= 0.3 is 0 Å². The van der Waals surface area contributed by atoms with Gasteiger partial charge < -0.3 is 10.1 Å². The Morgan fingerprint density at radius 1 is 1.25 bits per heavy atom. The Balaban J connectivity index is 1.68. The molecule has 2 fully saturated rings. The molecule has 118 valence electrons. The van der Waals surface area contributed by atoms with Crippen LogP contribution in [0.1, 0.15) is 39.0 Å². The maximum atomic E-state index is 12.0. The fourth-order valence-electron chi connectivity index (χ4n) is 3.03. The molecule has 2 rings (SSSR count). The summed E-state index contributed by atoms with van der Waals surface area (Å²) in [4.78, 5) is 0. The Morgan fingerprint density at radius 3 is 2.60 bits per heavy atom. The van der Waals surface area contributed by atoms with Crippen molar-refractivity contribution in [1.82, 2.24) is 9.62 Å². The number of ether oxygens (including phenoxy) is 1. The van der Waals surface area contributed by atoms with Gasteiger partial charge in [0.05, 0.1) is 12.4 Å². The Morgan fingerprint density at radius 2 is 2.00 bits per heavy atom. The van der Waals surface area contributed by atoms with Crippen molar-refractivity contribution >= 4 is 10.0 Å². The van der Waals surface area contributed by atoms with Crippen molar-refractivity contribution in [2.24, 2.45) is 5.92 Å². The van der Waals surface area contributed by atoms with Crippen LogP contribution < -0.4 is 5.32 Å². The zero-order valence-corrected chi connectivity index (χ0v) is 13.3. The summed E-state index contributed by atoms with van der Waals surface area (Å²) >= 11 is 0. The van der Waals surface area contributed by atoms with Crippen LogP contribution in [-0.2, 0) is 14.8 Å². The maximum absolute atomic E-state index is 12.0.